The van der Waals surface area contributed by atoms with Gasteiger partial charge in [-0.15, -0.1) is 5.10 Å². The molecular weight excluding hydrogens is 548 g/mol. The summed E-state index contributed by atoms with van der Waals surface area (Å²) in [6, 6.07) is 5.36. The number of ether oxygens (including phenoxy) is 2. The van der Waals surface area contributed by atoms with E-state index < -0.39 is 17.7 Å². The number of carbonyl (C=O) groups excluding carboxylic acids is 2. The Balaban J connectivity index is 1.32. The number of hydrogen-bond donors (Lipinski definition) is 3. The van der Waals surface area contributed by atoms with Crippen LogP contribution in [0.3, 0.4) is 0 Å². The Morgan fingerprint density at radius 2 is 2.02 bits per heavy atom. The van der Waals surface area contributed by atoms with Crippen molar-refractivity contribution in [2.24, 2.45) is 7.05 Å². The molecule has 2 aromatic heterocycles. The van der Waals surface area contributed by atoms with E-state index in [4.69, 9.17) is 9.47 Å². The van der Waals surface area contributed by atoms with Gasteiger partial charge in [0.2, 0.25) is 17.7 Å². The molecule has 1 aromatic carbocycles. The van der Waals surface area contributed by atoms with E-state index in [2.05, 4.69) is 49.8 Å². The third-order valence-corrected chi connectivity index (χ3v) is 6.78. The molecule has 0 unspecified atom stereocenters. The van der Waals surface area contributed by atoms with Crippen molar-refractivity contribution in [2.75, 3.05) is 37.4 Å². The van der Waals surface area contributed by atoms with Crippen molar-refractivity contribution in [3.8, 4) is 17.7 Å². The lowest BCUT2D eigenvalue weighted by atomic mass is 10.2. The van der Waals surface area contributed by atoms with Crippen molar-refractivity contribution >= 4 is 40.4 Å². The minimum Gasteiger partial charge on any atom is -0.479 e. The van der Waals surface area contributed by atoms with Crippen LogP contribution in [-0.2, 0) is 16.6 Å². The summed E-state index contributed by atoms with van der Waals surface area (Å²) < 4.78 is 12.6. The highest BCUT2D eigenvalue weighted by Crippen LogP contribution is 2.28. The second-order valence-electron chi connectivity index (χ2n) is 11.4. The third kappa shape index (κ3) is 8.28. The fraction of sp³-hybridized carbons (Fsp3) is 0.516. The molecule has 230 valence electrons. The normalized spacial score (nSPS) is 14.7. The number of methoxy groups -OCH3 is 1. The Kier molecular flexibility index (Phi) is 10.3. The van der Waals surface area contributed by atoms with Gasteiger partial charge in [-0.3, -0.25) is 14.4 Å². The van der Waals surface area contributed by atoms with Crippen molar-refractivity contribution < 1.29 is 19.1 Å². The highest BCUT2D eigenvalue weighted by atomic mass is 16.6. The molecule has 43 heavy (non-hydrogen) atoms. The average molecular weight is 591 g/mol. The zero-order valence-electron chi connectivity index (χ0n) is 25.9. The number of nitrogens with zero attached hydrogens (tertiary/aromatic N) is 5. The molecule has 1 aliphatic heterocycles. The molecule has 12 heteroatoms. The van der Waals surface area contributed by atoms with Gasteiger partial charge in [0.15, 0.2) is 0 Å². The first-order valence-electron chi connectivity index (χ1n) is 14.7. The number of aromatic nitrogens is 4. The quantitative estimate of drug-likeness (QED) is 0.229. The average Bonchev–Trinajstić information content (AvgIpc) is 3.58. The summed E-state index contributed by atoms with van der Waals surface area (Å²) in [5, 5.41) is 14.9. The van der Waals surface area contributed by atoms with Gasteiger partial charge >= 0.3 is 6.09 Å². The number of unbranched alkanes of at least 4 members (excludes halogenated alkanes) is 1. The minimum absolute atomic E-state index is 0.152. The third-order valence-electron chi connectivity index (χ3n) is 6.78. The van der Waals surface area contributed by atoms with Gasteiger partial charge in [-0.1, -0.05) is 18.8 Å². The van der Waals surface area contributed by atoms with Gasteiger partial charge in [-0.25, -0.2) is 9.78 Å². The van der Waals surface area contributed by atoms with Crippen LogP contribution >= 0.6 is 0 Å². The molecule has 2 amide bonds. The minimum atomic E-state index is -0.600. The summed E-state index contributed by atoms with van der Waals surface area (Å²) in [5.41, 5.74) is 1.85. The molecule has 3 aromatic rings. The largest absolute Gasteiger partial charge is 0.479 e. The Labute approximate surface area is 252 Å². The van der Waals surface area contributed by atoms with E-state index in [1.807, 2.05) is 46.0 Å². The number of fused-ring (bicyclic) bond motifs is 1. The summed E-state index contributed by atoms with van der Waals surface area (Å²) in [6.07, 6.45) is 4.88. The molecule has 0 saturated carbocycles. The summed E-state index contributed by atoms with van der Waals surface area (Å²) in [4.78, 5) is 35.9. The van der Waals surface area contributed by atoms with Crippen molar-refractivity contribution in [3.63, 3.8) is 0 Å². The van der Waals surface area contributed by atoms with Crippen LogP contribution in [0, 0.1) is 11.8 Å². The zero-order chi connectivity index (χ0) is 31.0. The van der Waals surface area contributed by atoms with Gasteiger partial charge in [-0.2, -0.15) is 4.98 Å². The maximum atomic E-state index is 12.7. The number of amides is 2. The second-order valence-corrected chi connectivity index (χ2v) is 11.4. The van der Waals surface area contributed by atoms with Gasteiger partial charge in [0, 0.05) is 38.8 Å². The Morgan fingerprint density at radius 3 is 2.77 bits per heavy atom. The number of nitrogens with one attached hydrogen (secondary N) is 3. The van der Waals surface area contributed by atoms with Crippen molar-refractivity contribution in [1.82, 2.24) is 30.0 Å². The Morgan fingerprint density at radius 1 is 1.21 bits per heavy atom. The molecule has 0 spiro atoms. The Bertz CT molecular complexity index is 1500. The Hall–Kier alpha value is -4.53. The number of likely N-dealkylation sites (tertiary alicyclic amines) is 1. The van der Waals surface area contributed by atoms with E-state index >= 15 is 0 Å². The first-order chi connectivity index (χ1) is 20.6. The van der Waals surface area contributed by atoms with Crippen LogP contribution in [0.1, 0.15) is 65.4 Å². The molecule has 0 radical (unpaired) electrons. The van der Waals surface area contributed by atoms with Crippen LogP contribution < -0.4 is 20.7 Å². The lowest BCUT2D eigenvalue weighted by Gasteiger charge is -2.28. The van der Waals surface area contributed by atoms with E-state index in [1.54, 1.807) is 18.0 Å². The van der Waals surface area contributed by atoms with Crippen LogP contribution in [-0.4, -0.2) is 75.0 Å². The predicted molar refractivity (Wildman–Crippen MR) is 166 cm³/mol. The van der Waals surface area contributed by atoms with Gasteiger partial charge in [0.1, 0.15) is 17.5 Å². The molecule has 1 aliphatic rings. The van der Waals surface area contributed by atoms with Crippen molar-refractivity contribution in [3.05, 3.63) is 30.0 Å². The number of carbonyl (C=O) groups is 2. The van der Waals surface area contributed by atoms with E-state index in [-0.39, 0.29) is 5.91 Å². The van der Waals surface area contributed by atoms with Gasteiger partial charge in [0.25, 0.3) is 0 Å². The molecular formula is C31H42N8O4. The number of benzene rings is 1. The number of hydrogen-bond acceptors (Lipinski definition) is 9. The molecule has 1 atom stereocenters. The summed E-state index contributed by atoms with van der Waals surface area (Å²) in [5.74, 6) is 7.88. The molecule has 0 aliphatic carbocycles. The molecule has 0 bridgehead atoms. The fourth-order valence-electron chi connectivity index (χ4n) is 4.74. The fourth-order valence-corrected chi connectivity index (χ4v) is 4.74. The standard InChI is InChI=1S/C31H42N8O4/c1-7-16-32-26-21(20-34-29(36-26)35-22-14-15-23-25(19-22)38(5)37-28(23)42-6)12-9-8-10-17-33-27(40)24-13-11-18-39(24)30(41)43-31(2,3)4/h14-15,19-20,24H,7-8,10-11,13,16-18H2,1-6H3,(H,33,40)(H2,32,34,35,36)/t24-/m0/s1. The van der Waals surface area contributed by atoms with E-state index in [0.717, 1.165) is 36.0 Å². The van der Waals surface area contributed by atoms with Gasteiger partial charge in [-0.05, 0) is 64.7 Å². The molecule has 4 rings (SSSR count). The van der Waals surface area contributed by atoms with Crippen LogP contribution in [0.4, 0.5) is 22.2 Å². The summed E-state index contributed by atoms with van der Waals surface area (Å²) >= 11 is 0. The zero-order valence-corrected chi connectivity index (χ0v) is 25.9. The highest BCUT2D eigenvalue weighted by molar-refractivity contribution is 5.88. The van der Waals surface area contributed by atoms with Crippen LogP contribution in [0.25, 0.3) is 10.9 Å². The topological polar surface area (TPSA) is 136 Å². The smallest absolute Gasteiger partial charge is 0.410 e. The lowest BCUT2D eigenvalue weighted by Crippen LogP contribution is -2.47. The first-order valence-corrected chi connectivity index (χ1v) is 14.7. The molecule has 3 N–H and O–H groups in total. The van der Waals surface area contributed by atoms with E-state index in [1.165, 1.54) is 4.90 Å². The van der Waals surface area contributed by atoms with E-state index in [9.17, 15) is 9.59 Å². The SMILES string of the molecule is CCCNc1nc(Nc2ccc3c(OC)nn(C)c3c2)ncc1C#CCCCNC(=O)[C@@H]1CCCN1C(=O)OC(C)(C)C. The number of anilines is 3. The van der Waals surface area contributed by atoms with Crippen molar-refractivity contribution in [1.29, 1.82) is 0 Å². The molecule has 1 fully saturated rings. The predicted octanol–water partition coefficient (Wildman–Crippen LogP) is 4.58. The number of rotatable bonds is 10. The highest BCUT2D eigenvalue weighted by Gasteiger charge is 2.36. The first kappa shape index (κ1) is 31.4. The molecule has 3 heterocycles. The monoisotopic (exact) mass is 590 g/mol. The lowest BCUT2D eigenvalue weighted by molar-refractivity contribution is -0.125. The van der Waals surface area contributed by atoms with Crippen LogP contribution in [0.5, 0.6) is 5.88 Å². The molecule has 1 saturated heterocycles. The van der Waals surface area contributed by atoms with Crippen LogP contribution in [0.15, 0.2) is 24.4 Å². The summed E-state index contributed by atoms with van der Waals surface area (Å²) in [6.45, 7) is 9.29. The number of aryl methyl sites for hydroxylation is 1. The van der Waals surface area contributed by atoms with E-state index in [0.29, 0.717) is 55.6 Å². The maximum absolute atomic E-state index is 12.7. The van der Waals surface area contributed by atoms with Gasteiger partial charge in [0.05, 0.1) is 29.8 Å². The van der Waals surface area contributed by atoms with Crippen molar-refractivity contribution in [2.45, 2.75) is 71.4 Å². The summed E-state index contributed by atoms with van der Waals surface area (Å²) in [7, 11) is 3.48. The molecule has 12 nitrogen and oxygen atoms in total. The maximum Gasteiger partial charge on any atom is 0.410 e. The van der Waals surface area contributed by atoms with Crippen LogP contribution in [0.2, 0.25) is 0 Å². The van der Waals surface area contributed by atoms with Gasteiger partial charge < -0.3 is 25.4 Å². The second kappa shape index (κ2) is 14.1.